The number of hydrogen-bond donors (Lipinski definition) is 0. The zero-order chi connectivity index (χ0) is 24.5. The summed E-state index contributed by atoms with van der Waals surface area (Å²) in [4.78, 5) is 19.5. The molecule has 8 heteroatoms. The van der Waals surface area contributed by atoms with Gasteiger partial charge in [0.25, 0.3) is 0 Å². The Hall–Kier alpha value is -3.23. The maximum atomic E-state index is 12.9. The Morgan fingerprint density at radius 2 is 1.71 bits per heavy atom. The average molecular weight is 479 g/mol. The summed E-state index contributed by atoms with van der Waals surface area (Å²) in [5.41, 5.74) is 2.58. The Labute approximate surface area is 200 Å². The van der Waals surface area contributed by atoms with Crippen LogP contribution in [0.2, 0.25) is 0 Å². The second-order valence-corrected chi connectivity index (χ2v) is 10.8. The van der Waals surface area contributed by atoms with Crippen LogP contribution in [0.3, 0.4) is 0 Å². The predicted molar refractivity (Wildman–Crippen MR) is 135 cm³/mol. The van der Waals surface area contributed by atoms with Crippen molar-refractivity contribution in [2.75, 3.05) is 21.1 Å². The van der Waals surface area contributed by atoms with Crippen LogP contribution in [0.4, 0.5) is 0 Å². The van der Waals surface area contributed by atoms with Crippen LogP contribution in [0.1, 0.15) is 24.7 Å². The summed E-state index contributed by atoms with van der Waals surface area (Å²) in [6, 6.07) is 19.4. The summed E-state index contributed by atoms with van der Waals surface area (Å²) in [5, 5.41) is 2.34. The number of fused-ring (bicyclic) bond motifs is 2. The van der Waals surface area contributed by atoms with E-state index in [0.29, 0.717) is 31.4 Å². The lowest BCUT2D eigenvalue weighted by Gasteiger charge is -2.18. The molecule has 34 heavy (non-hydrogen) atoms. The number of carbonyl (C=O) groups is 1. The molecule has 0 aliphatic carbocycles. The standard InChI is InChI=1S/C26H30N4O3S/c1-5-30-24-13-12-22(34(32,33)28(2)3)17-23(24)27-25(30)14-15-26(31)29(4)18-19-10-11-20-8-6-7-9-21(20)16-19/h6-13,16-17H,5,14-15,18H2,1-4H3. The molecule has 0 aliphatic heterocycles. The van der Waals surface area contributed by atoms with E-state index in [4.69, 9.17) is 0 Å². The van der Waals surface area contributed by atoms with Gasteiger partial charge in [0.2, 0.25) is 15.9 Å². The van der Waals surface area contributed by atoms with Crippen LogP contribution < -0.4 is 0 Å². The van der Waals surface area contributed by atoms with Crippen LogP contribution in [0.25, 0.3) is 21.8 Å². The topological polar surface area (TPSA) is 75.5 Å². The van der Waals surface area contributed by atoms with E-state index >= 15 is 0 Å². The van der Waals surface area contributed by atoms with Gasteiger partial charge >= 0.3 is 0 Å². The Morgan fingerprint density at radius 1 is 0.971 bits per heavy atom. The quantitative estimate of drug-likeness (QED) is 0.383. The van der Waals surface area contributed by atoms with Gasteiger partial charge in [-0.3, -0.25) is 4.79 Å². The number of carbonyl (C=O) groups excluding carboxylic acids is 1. The molecule has 1 aromatic heterocycles. The second-order valence-electron chi connectivity index (χ2n) is 8.64. The summed E-state index contributed by atoms with van der Waals surface area (Å²) in [6.07, 6.45) is 0.815. The number of amides is 1. The Bertz CT molecular complexity index is 1460. The van der Waals surface area contributed by atoms with Crippen LogP contribution in [-0.2, 0) is 34.3 Å². The summed E-state index contributed by atoms with van der Waals surface area (Å²) in [5.74, 6) is 0.822. The Kier molecular flexibility index (Phi) is 6.72. The van der Waals surface area contributed by atoms with Crippen molar-refractivity contribution in [1.82, 2.24) is 18.8 Å². The monoisotopic (exact) mass is 478 g/mol. The summed E-state index contributed by atoms with van der Waals surface area (Å²) >= 11 is 0. The normalized spacial score (nSPS) is 12.0. The maximum absolute atomic E-state index is 12.9. The number of aryl methyl sites for hydroxylation is 2. The second kappa shape index (κ2) is 9.56. The molecule has 0 saturated heterocycles. The largest absolute Gasteiger partial charge is 0.341 e. The molecular weight excluding hydrogens is 448 g/mol. The fraction of sp³-hybridized carbons (Fsp3) is 0.308. The zero-order valence-corrected chi connectivity index (χ0v) is 20.8. The number of sulfonamides is 1. The first kappa shape index (κ1) is 23.9. The smallest absolute Gasteiger partial charge is 0.242 e. The van der Waals surface area contributed by atoms with Gasteiger partial charge in [-0.05, 0) is 47.5 Å². The van der Waals surface area contributed by atoms with Crippen molar-refractivity contribution in [2.24, 2.45) is 0 Å². The molecule has 0 atom stereocenters. The van der Waals surface area contributed by atoms with Gasteiger partial charge in [-0.25, -0.2) is 17.7 Å². The Morgan fingerprint density at radius 3 is 2.41 bits per heavy atom. The van der Waals surface area contributed by atoms with E-state index in [1.165, 1.54) is 23.8 Å². The van der Waals surface area contributed by atoms with E-state index in [-0.39, 0.29) is 10.8 Å². The summed E-state index contributed by atoms with van der Waals surface area (Å²) in [6.45, 7) is 3.25. The number of benzene rings is 3. The molecule has 3 aromatic carbocycles. The lowest BCUT2D eigenvalue weighted by atomic mass is 10.1. The Balaban J connectivity index is 1.48. The number of nitrogens with zero attached hydrogens (tertiary/aromatic N) is 4. The number of rotatable bonds is 8. The lowest BCUT2D eigenvalue weighted by molar-refractivity contribution is -0.130. The third kappa shape index (κ3) is 4.69. The van der Waals surface area contributed by atoms with E-state index in [9.17, 15) is 13.2 Å². The van der Waals surface area contributed by atoms with E-state index in [0.717, 1.165) is 22.3 Å². The fourth-order valence-electron chi connectivity index (χ4n) is 4.18. The first-order valence-corrected chi connectivity index (χ1v) is 12.8. The minimum atomic E-state index is -3.54. The van der Waals surface area contributed by atoms with E-state index in [1.807, 2.05) is 30.7 Å². The zero-order valence-electron chi connectivity index (χ0n) is 20.0. The first-order valence-electron chi connectivity index (χ1n) is 11.3. The minimum absolute atomic E-state index is 0.0405. The number of aromatic nitrogens is 2. The third-order valence-electron chi connectivity index (χ3n) is 6.12. The summed E-state index contributed by atoms with van der Waals surface area (Å²) < 4.78 is 28.2. The predicted octanol–water partition coefficient (Wildman–Crippen LogP) is 4.05. The highest BCUT2D eigenvalue weighted by Crippen LogP contribution is 2.23. The molecule has 178 valence electrons. The number of hydrogen-bond acceptors (Lipinski definition) is 4. The molecule has 1 heterocycles. The van der Waals surface area contributed by atoms with Gasteiger partial charge in [0.1, 0.15) is 5.82 Å². The molecule has 0 saturated carbocycles. The molecule has 1 amide bonds. The van der Waals surface area contributed by atoms with E-state index < -0.39 is 10.0 Å². The van der Waals surface area contributed by atoms with Gasteiger partial charge < -0.3 is 9.47 Å². The van der Waals surface area contributed by atoms with E-state index in [2.05, 4.69) is 35.3 Å². The maximum Gasteiger partial charge on any atom is 0.242 e. The van der Waals surface area contributed by atoms with Crippen molar-refractivity contribution in [3.63, 3.8) is 0 Å². The average Bonchev–Trinajstić information content (AvgIpc) is 3.18. The van der Waals surface area contributed by atoms with Crippen molar-refractivity contribution in [3.8, 4) is 0 Å². The third-order valence-corrected chi connectivity index (χ3v) is 7.93. The van der Waals surface area contributed by atoms with Gasteiger partial charge in [-0.1, -0.05) is 36.4 Å². The molecule has 7 nitrogen and oxygen atoms in total. The highest BCUT2D eigenvalue weighted by molar-refractivity contribution is 7.89. The van der Waals surface area contributed by atoms with Gasteiger partial charge in [0.15, 0.2) is 0 Å². The SMILES string of the molecule is CCn1c(CCC(=O)N(C)Cc2ccc3ccccc3c2)nc2cc(S(=O)(=O)N(C)C)ccc21. The van der Waals surface area contributed by atoms with Gasteiger partial charge in [-0.2, -0.15) is 0 Å². The van der Waals surface area contributed by atoms with E-state index in [1.54, 1.807) is 23.1 Å². The molecule has 0 aliphatic rings. The van der Waals surface area contributed by atoms with Crippen LogP contribution in [0.5, 0.6) is 0 Å². The highest BCUT2D eigenvalue weighted by Gasteiger charge is 2.20. The molecule has 4 aromatic rings. The van der Waals surface area contributed by atoms with Crippen molar-refractivity contribution < 1.29 is 13.2 Å². The molecule has 4 rings (SSSR count). The van der Waals surface area contributed by atoms with Crippen molar-refractivity contribution >= 4 is 37.7 Å². The fourth-order valence-corrected chi connectivity index (χ4v) is 5.11. The molecule has 0 fully saturated rings. The van der Waals surface area contributed by atoms with Gasteiger partial charge in [-0.15, -0.1) is 0 Å². The van der Waals surface area contributed by atoms with Crippen molar-refractivity contribution in [2.45, 2.75) is 37.8 Å². The highest BCUT2D eigenvalue weighted by atomic mass is 32.2. The van der Waals surface area contributed by atoms with Crippen molar-refractivity contribution in [1.29, 1.82) is 0 Å². The van der Waals surface area contributed by atoms with Crippen LogP contribution in [-0.4, -0.2) is 54.2 Å². The molecular formula is C26H30N4O3S. The lowest BCUT2D eigenvalue weighted by Crippen LogP contribution is -2.26. The first-order chi connectivity index (χ1) is 16.2. The molecule has 0 bridgehead atoms. The van der Waals surface area contributed by atoms with Crippen LogP contribution >= 0.6 is 0 Å². The molecule has 0 spiro atoms. The van der Waals surface area contributed by atoms with Crippen LogP contribution in [0, 0.1) is 0 Å². The summed E-state index contributed by atoms with van der Waals surface area (Å²) in [7, 11) is 1.30. The molecule has 0 unspecified atom stereocenters. The van der Waals surface area contributed by atoms with Crippen molar-refractivity contribution in [3.05, 3.63) is 72.1 Å². The number of imidazole rings is 1. The molecule has 0 N–H and O–H groups in total. The minimum Gasteiger partial charge on any atom is -0.341 e. The van der Waals surface area contributed by atoms with Gasteiger partial charge in [0, 0.05) is 47.1 Å². The van der Waals surface area contributed by atoms with Gasteiger partial charge in [0.05, 0.1) is 15.9 Å². The van der Waals surface area contributed by atoms with Crippen LogP contribution in [0.15, 0.2) is 65.6 Å². The molecule has 0 radical (unpaired) electrons.